The van der Waals surface area contributed by atoms with E-state index in [0.29, 0.717) is 17.5 Å². The molecule has 4 aromatic heterocycles. The first-order chi connectivity index (χ1) is 29.2. The van der Waals surface area contributed by atoms with Crippen LogP contribution in [-0.2, 0) is 0 Å². The molecule has 0 amide bonds. The zero-order valence-corrected chi connectivity index (χ0v) is 32.2. The molecule has 13 rings (SSSR count). The first-order valence-corrected chi connectivity index (χ1v) is 20.6. The standard InChI is InChI=1S/C53H30N4OS/c1-2-13-31(14-3-1)51-54-52(38-21-12-24-47-48(38)37-20-9-11-23-46(37)59-47)56-53(55-51)50-42(25-26-44-49(50)40-28-33-16-5-7-18-35(33)30-45(40)58-44)57-41-22-10-8-19-36(41)39-27-32-15-4-6-17-34(32)29-43(39)57/h1-30H. The summed E-state index contributed by atoms with van der Waals surface area (Å²) in [7, 11) is 0. The van der Waals surface area contributed by atoms with Gasteiger partial charge in [0.05, 0.1) is 22.3 Å². The monoisotopic (exact) mass is 770 g/mol. The van der Waals surface area contributed by atoms with E-state index in [2.05, 4.69) is 168 Å². The number of benzene rings is 9. The highest BCUT2D eigenvalue weighted by atomic mass is 32.1. The molecule has 0 saturated heterocycles. The van der Waals surface area contributed by atoms with Gasteiger partial charge >= 0.3 is 0 Å². The summed E-state index contributed by atoms with van der Waals surface area (Å²) >= 11 is 1.79. The Labute approximate surface area is 341 Å². The van der Waals surface area contributed by atoms with E-state index in [1.807, 2.05) is 18.2 Å². The molecule has 5 nitrogen and oxygen atoms in total. The largest absolute Gasteiger partial charge is 0.456 e. The Morgan fingerprint density at radius 1 is 0.407 bits per heavy atom. The highest BCUT2D eigenvalue weighted by Gasteiger charge is 2.25. The number of nitrogens with zero attached hydrogens (tertiary/aromatic N) is 4. The lowest BCUT2D eigenvalue weighted by Crippen LogP contribution is -2.04. The molecule has 6 heteroatoms. The van der Waals surface area contributed by atoms with Gasteiger partial charge in [0, 0.05) is 52.8 Å². The van der Waals surface area contributed by atoms with E-state index in [9.17, 15) is 0 Å². The number of furan rings is 1. The maximum absolute atomic E-state index is 6.77. The SMILES string of the molecule is c1ccc(-c2nc(-c3c(-n4c5ccccc5c5cc6ccccc6cc54)ccc4oc5cc6ccccc6cc5c34)nc(-c3cccc4sc5ccccc5c34)n2)cc1. The van der Waals surface area contributed by atoms with E-state index in [4.69, 9.17) is 19.4 Å². The van der Waals surface area contributed by atoms with Gasteiger partial charge in [0.1, 0.15) is 11.2 Å². The maximum atomic E-state index is 6.77. The molecule has 9 aromatic carbocycles. The van der Waals surface area contributed by atoms with Gasteiger partial charge < -0.3 is 8.98 Å². The van der Waals surface area contributed by atoms with E-state index in [0.717, 1.165) is 71.5 Å². The van der Waals surface area contributed by atoms with Crippen molar-refractivity contribution in [1.29, 1.82) is 0 Å². The average Bonchev–Trinajstić information content (AvgIpc) is 3.96. The summed E-state index contributed by atoms with van der Waals surface area (Å²) in [5, 5.41) is 11.3. The summed E-state index contributed by atoms with van der Waals surface area (Å²) in [6, 6.07) is 64.3. The van der Waals surface area contributed by atoms with Crippen LogP contribution >= 0.6 is 11.3 Å². The predicted octanol–water partition coefficient (Wildman–Crippen LogP) is 14.5. The van der Waals surface area contributed by atoms with Gasteiger partial charge in [-0.3, -0.25) is 0 Å². The molecule has 0 aliphatic heterocycles. The maximum Gasteiger partial charge on any atom is 0.166 e. The Morgan fingerprint density at radius 2 is 1.05 bits per heavy atom. The molecule has 0 bridgehead atoms. The minimum Gasteiger partial charge on any atom is -0.456 e. The summed E-state index contributed by atoms with van der Waals surface area (Å²) in [6.07, 6.45) is 0. The Balaban J connectivity index is 1.21. The topological polar surface area (TPSA) is 56.7 Å². The molecule has 0 radical (unpaired) electrons. The van der Waals surface area contributed by atoms with Crippen molar-refractivity contribution in [3.8, 4) is 39.9 Å². The van der Waals surface area contributed by atoms with Crippen molar-refractivity contribution in [3.05, 3.63) is 182 Å². The molecule has 0 N–H and O–H groups in total. The minimum atomic E-state index is 0.577. The van der Waals surface area contributed by atoms with Crippen LogP contribution in [0.15, 0.2) is 186 Å². The van der Waals surface area contributed by atoms with Crippen molar-refractivity contribution in [2.24, 2.45) is 0 Å². The van der Waals surface area contributed by atoms with Gasteiger partial charge in [-0.2, -0.15) is 0 Å². The number of para-hydroxylation sites is 1. The Morgan fingerprint density at radius 3 is 1.88 bits per heavy atom. The highest BCUT2D eigenvalue weighted by molar-refractivity contribution is 7.25. The quantitative estimate of drug-likeness (QED) is 0.179. The number of fused-ring (bicyclic) bond motifs is 11. The van der Waals surface area contributed by atoms with Crippen LogP contribution in [0.2, 0.25) is 0 Å². The molecular weight excluding hydrogens is 741 g/mol. The number of rotatable bonds is 4. The minimum absolute atomic E-state index is 0.577. The van der Waals surface area contributed by atoms with Gasteiger partial charge in [0.15, 0.2) is 17.5 Å². The van der Waals surface area contributed by atoms with Crippen LogP contribution in [0, 0.1) is 0 Å². The van der Waals surface area contributed by atoms with Crippen LogP contribution in [-0.4, -0.2) is 19.5 Å². The zero-order valence-electron chi connectivity index (χ0n) is 31.4. The second-order valence-corrected chi connectivity index (χ2v) is 16.2. The van der Waals surface area contributed by atoms with Gasteiger partial charge in [-0.05, 0) is 76.1 Å². The molecule has 59 heavy (non-hydrogen) atoms. The number of hydrogen-bond acceptors (Lipinski definition) is 5. The van der Waals surface area contributed by atoms with E-state index >= 15 is 0 Å². The van der Waals surface area contributed by atoms with E-state index < -0.39 is 0 Å². The average molecular weight is 771 g/mol. The highest BCUT2D eigenvalue weighted by Crippen LogP contribution is 2.45. The van der Waals surface area contributed by atoms with Crippen LogP contribution in [0.1, 0.15) is 0 Å². The third-order valence-electron chi connectivity index (χ3n) is 11.8. The number of thiophene rings is 1. The van der Waals surface area contributed by atoms with Crippen molar-refractivity contribution in [1.82, 2.24) is 19.5 Å². The molecule has 0 saturated carbocycles. The Bertz CT molecular complexity index is 3860. The van der Waals surface area contributed by atoms with Gasteiger partial charge in [0.25, 0.3) is 0 Å². The lowest BCUT2D eigenvalue weighted by Gasteiger charge is -2.16. The van der Waals surface area contributed by atoms with Crippen LogP contribution in [0.4, 0.5) is 0 Å². The third kappa shape index (κ3) is 4.87. The fourth-order valence-electron chi connectivity index (χ4n) is 9.16. The Kier molecular flexibility index (Phi) is 6.82. The summed E-state index contributed by atoms with van der Waals surface area (Å²) < 4.78 is 11.6. The summed E-state index contributed by atoms with van der Waals surface area (Å²) in [5.41, 5.74) is 7.54. The lowest BCUT2D eigenvalue weighted by atomic mass is 10.00. The van der Waals surface area contributed by atoms with Gasteiger partial charge in [-0.25, -0.2) is 15.0 Å². The fourth-order valence-corrected chi connectivity index (χ4v) is 10.3. The van der Waals surface area contributed by atoms with Crippen LogP contribution in [0.5, 0.6) is 0 Å². The van der Waals surface area contributed by atoms with Gasteiger partial charge in [-0.15, -0.1) is 11.3 Å². The molecule has 0 unspecified atom stereocenters. The lowest BCUT2D eigenvalue weighted by molar-refractivity contribution is 0.669. The van der Waals surface area contributed by atoms with Crippen LogP contribution < -0.4 is 0 Å². The number of hydrogen-bond donors (Lipinski definition) is 0. The molecule has 13 aromatic rings. The van der Waals surface area contributed by atoms with Crippen molar-refractivity contribution >= 4 is 96.8 Å². The van der Waals surface area contributed by atoms with Crippen LogP contribution in [0.25, 0.3) is 125 Å². The molecule has 4 heterocycles. The molecule has 0 atom stereocenters. The van der Waals surface area contributed by atoms with Crippen LogP contribution in [0.3, 0.4) is 0 Å². The van der Waals surface area contributed by atoms with Crippen molar-refractivity contribution in [2.45, 2.75) is 0 Å². The molecular formula is C53H30N4OS. The number of aromatic nitrogens is 4. The Hall–Kier alpha value is -7.67. The van der Waals surface area contributed by atoms with E-state index in [-0.39, 0.29) is 0 Å². The van der Waals surface area contributed by atoms with Gasteiger partial charge in [0.2, 0.25) is 0 Å². The molecule has 0 spiro atoms. The summed E-state index contributed by atoms with van der Waals surface area (Å²) in [4.78, 5) is 16.3. The van der Waals surface area contributed by atoms with Crippen molar-refractivity contribution in [2.75, 3.05) is 0 Å². The van der Waals surface area contributed by atoms with Gasteiger partial charge in [-0.1, -0.05) is 127 Å². The van der Waals surface area contributed by atoms with E-state index in [1.165, 1.54) is 36.3 Å². The molecule has 0 aliphatic rings. The second kappa shape index (κ2) is 12.4. The molecule has 274 valence electrons. The first kappa shape index (κ1) is 32.4. The van der Waals surface area contributed by atoms with Crippen molar-refractivity contribution < 1.29 is 4.42 Å². The smallest absolute Gasteiger partial charge is 0.166 e. The normalized spacial score (nSPS) is 12.1. The predicted molar refractivity (Wildman–Crippen MR) is 246 cm³/mol. The molecule has 0 fully saturated rings. The fraction of sp³-hybridized carbons (Fsp3) is 0. The zero-order chi connectivity index (χ0) is 38.6. The third-order valence-corrected chi connectivity index (χ3v) is 12.9. The first-order valence-electron chi connectivity index (χ1n) is 19.8. The molecule has 0 aliphatic carbocycles. The second-order valence-electron chi connectivity index (χ2n) is 15.1. The summed E-state index contributed by atoms with van der Waals surface area (Å²) in [6.45, 7) is 0. The van der Waals surface area contributed by atoms with Crippen molar-refractivity contribution in [3.63, 3.8) is 0 Å². The summed E-state index contributed by atoms with van der Waals surface area (Å²) in [5.74, 6) is 1.81. The van der Waals surface area contributed by atoms with E-state index in [1.54, 1.807) is 11.3 Å².